The van der Waals surface area contributed by atoms with Gasteiger partial charge in [-0.2, -0.15) is 0 Å². The molecule has 3 aliphatic heterocycles. The summed E-state index contributed by atoms with van der Waals surface area (Å²) in [6.07, 6.45) is 7.18. The van der Waals surface area contributed by atoms with Crippen LogP contribution in [0, 0.1) is 0 Å². The largest absolute Gasteiger partial charge is 0.495 e. The van der Waals surface area contributed by atoms with Crippen LogP contribution in [-0.2, 0) is 6.42 Å². The van der Waals surface area contributed by atoms with Gasteiger partial charge in [-0.1, -0.05) is 12.1 Å². The van der Waals surface area contributed by atoms with E-state index in [0.29, 0.717) is 12.0 Å². The molecule has 3 aliphatic rings. The molecular formula is C23H30N4O. The molecule has 2 aromatic rings. The summed E-state index contributed by atoms with van der Waals surface area (Å²) in [5.41, 5.74) is 5.79. The lowest BCUT2D eigenvalue weighted by Gasteiger charge is -2.41. The van der Waals surface area contributed by atoms with Crippen molar-refractivity contribution < 1.29 is 4.74 Å². The number of hydrogen-bond donors (Lipinski definition) is 0. The van der Waals surface area contributed by atoms with Crippen LogP contribution >= 0.6 is 0 Å². The highest BCUT2D eigenvalue weighted by Crippen LogP contribution is 2.50. The molecule has 1 saturated heterocycles. The number of aromatic nitrogens is 1. The summed E-state index contributed by atoms with van der Waals surface area (Å²) in [5.74, 6) is 1.57. The minimum Gasteiger partial charge on any atom is -0.495 e. The normalized spacial score (nSPS) is 23.5. The minimum absolute atomic E-state index is 0.658. The lowest BCUT2D eigenvalue weighted by Crippen LogP contribution is -2.49. The summed E-state index contributed by atoms with van der Waals surface area (Å²) in [6.45, 7) is 5.86. The van der Waals surface area contributed by atoms with Crippen molar-refractivity contribution in [2.24, 2.45) is 0 Å². The number of benzene rings is 1. The number of methoxy groups -OCH3 is 1. The zero-order valence-electron chi connectivity index (χ0n) is 17.0. The van der Waals surface area contributed by atoms with Crippen molar-refractivity contribution in [2.75, 3.05) is 56.7 Å². The monoisotopic (exact) mass is 378 g/mol. The Morgan fingerprint density at radius 2 is 2.11 bits per heavy atom. The zero-order valence-corrected chi connectivity index (χ0v) is 17.0. The number of nitrogens with zero attached hydrogens (tertiary/aromatic N) is 4. The van der Waals surface area contributed by atoms with Crippen molar-refractivity contribution in [3.05, 3.63) is 47.8 Å². The number of ether oxygens (including phenoxy) is 1. The van der Waals surface area contributed by atoms with E-state index in [-0.39, 0.29) is 0 Å². The maximum Gasteiger partial charge on any atom is 0.140 e. The Kier molecular flexibility index (Phi) is 4.63. The fraction of sp³-hybridized carbons (Fsp3) is 0.522. The lowest BCUT2D eigenvalue weighted by atomic mass is 9.89. The van der Waals surface area contributed by atoms with Gasteiger partial charge in [0.2, 0.25) is 0 Å². The molecule has 5 nitrogen and oxygen atoms in total. The van der Waals surface area contributed by atoms with Gasteiger partial charge >= 0.3 is 0 Å². The third-order valence-corrected chi connectivity index (χ3v) is 6.89. The Labute approximate surface area is 167 Å². The Morgan fingerprint density at radius 3 is 3.00 bits per heavy atom. The highest BCUT2D eigenvalue weighted by atomic mass is 16.5. The quantitative estimate of drug-likeness (QED) is 0.798. The van der Waals surface area contributed by atoms with Gasteiger partial charge in [0, 0.05) is 51.4 Å². The molecule has 5 rings (SSSR count). The molecule has 0 aliphatic carbocycles. The number of piperidine rings is 1. The number of rotatable bonds is 5. The van der Waals surface area contributed by atoms with Crippen LogP contribution in [0.3, 0.4) is 0 Å². The Hall–Kier alpha value is -2.27. The number of fused-ring (bicyclic) bond motifs is 3. The molecule has 0 spiro atoms. The maximum absolute atomic E-state index is 5.45. The molecule has 148 valence electrons. The highest BCUT2D eigenvalue weighted by Gasteiger charge is 2.44. The number of para-hydroxylation sites is 1. The predicted octanol–water partition coefficient (Wildman–Crippen LogP) is 3.15. The van der Waals surface area contributed by atoms with Crippen molar-refractivity contribution in [1.82, 2.24) is 9.88 Å². The van der Waals surface area contributed by atoms with Crippen molar-refractivity contribution in [1.29, 1.82) is 0 Å². The maximum atomic E-state index is 5.45. The van der Waals surface area contributed by atoms with Crippen molar-refractivity contribution in [3.8, 4) is 5.75 Å². The van der Waals surface area contributed by atoms with E-state index in [1.807, 2.05) is 12.4 Å². The van der Waals surface area contributed by atoms with Crippen LogP contribution in [0.25, 0.3) is 0 Å². The first kappa shape index (κ1) is 17.8. The molecule has 0 radical (unpaired) electrons. The van der Waals surface area contributed by atoms with Crippen LogP contribution in [-0.4, -0.2) is 62.8 Å². The van der Waals surface area contributed by atoms with Crippen molar-refractivity contribution >= 4 is 11.4 Å². The third-order valence-electron chi connectivity index (χ3n) is 6.89. The summed E-state index contributed by atoms with van der Waals surface area (Å²) in [6, 6.07) is 9.71. The Balaban J connectivity index is 1.26. The fourth-order valence-electron chi connectivity index (χ4n) is 5.47. The average molecular weight is 379 g/mol. The first-order valence-electron chi connectivity index (χ1n) is 10.6. The number of pyridine rings is 1. The van der Waals surface area contributed by atoms with Crippen LogP contribution in [0.1, 0.15) is 29.9 Å². The predicted molar refractivity (Wildman–Crippen MR) is 114 cm³/mol. The molecular weight excluding hydrogens is 348 g/mol. The number of aryl methyl sites for hydroxylation is 1. The fourth-order valence-corrected chi connectivity index (χ4v) is 5.47. The average Bonchev–Trinajstić information content (AvgIpc) is 3.05. The van der Waals surface area contributed by atoms with E-state index < -0.39 is 0 Å². The summed E-state index contributed by atoms with van der Waals surface area (Å²) in [7, 11) is 3.96. The Bertz CT molecular complexity index is 854. The van der Waals surface area contributed by atoms with E-state index >= 15 is 0 Å². The van der Waals surface area contributed by atoms with Crippen LogP contribution in [0.4, 0.5) is 11.4 Å². The third kappa shape index (κ3) is 2.93. The number of likely N-dealkylation sites (tertiary alicyclic amines) is 1. The van der Waals surface area contributed by atoms with E-state index in [1.54, 1.807) is 12.7 Å². The van der Waals surface area contributed by atoms with Gasteiger partial charge in [0.25, 0.3) is 0 Å². The zero-order chi connectivity index (χ0) is 19.1. The lowest BCUT2D eigenvalue weighted by molar-refractivity contribution is 0.191. The molecule has 5 heteroatoms. The van der Waals surface area contributed by atoms with Gasteiger partial charge in [-0.15, -0.1) is 0 Å². The SMILES string of the molecule is COc1cnccc1CCCN1CCC2C(C1)c1cccc3c1N2CCN3C. The second kappa shape index (κ2) is 7.28. The molecule has 1 aromatic heterocycles. The van der Waals surface area contributed by atoms with Gasteiger partial charge in [0.15, 0.2) is 0 Å². The van der Waals surface area contributed by atoms with Gasteiger partial charge in [-0.3, -0.25) is 4.98 Å². The summed E-state index contributed by atoms with van der Waals surface area (Å²) >= 11 is 0. The van der Waals surface area contributed by atoms with Gasteiger partial charge in [0.1, 0.15) is 5.75 Å². The van der Waals surface area contributed by atoms with E-state index in [4.69, 9.17) is 4.74 Å². The van der Waals surface area contributed by atoms with Crippen LogP contribution in [0.5, 0.6) is 5.75 Å². The van der Waals surface area contributed by atoms with Gasteiger partial charge in [0.05, 0.1) is 24.7 Å². The highest BCUT2D eigenvalue weighted by molar-refractivity contribution is 5.80. The molecule has 1 fully saturated rings. The number of hydrogen-bond acceptors (Lipinski definition) is 5. The van der Waals surface area contributed by atoms with E-state index in [9.17, 15) is 0 Å². The van der Waals surface area contributed by atoms with Crippen LogP contribution in [0.2, 0.25) is 0 Å². The first-order chi connectivity index (χ1) is 13.8. The molecule has 2 unspecified atom stereocenters. The van der Waals surface area contributed by atoms with Gasteiger partial charge in [-0.05, 0) is 49.1 Å². The summed E-state index contributed by atoms with van der Waals surface area (Å²) in [5, 5.41) is 0. The number of likely N-dealkylation sites (N-methyl/N-ethyl adjacent to an activating group) is 1. The molecule has 4 heterocycles. The minimum atomic E-state index is 0.658. The van der Waals surface area contributed by atoms with E-state index in [0.717, 1.165) is 31.7 Å². The van der Waals surface area contributed by atoms with Crippen molar-refractivity contribution in [3.63, 3.8) is 0 Å². The molecule has 0 N–H and O–H groups in total. The molecule has 2 atom stereocenters. The van der Waals surface area contributed by atoms with E-state index in [1.165, 1.54) is 43.0 Å². The molecule has 28 heavy (non-hydrogen) atoms. The summed E-state index contributed by atoms with van der Waals surface area (Å²) in [4.78, 5) is 12.0. The smallest absolute Gasteiger partial charge is 0.140 e. The van der Waals surface area contributed by atoms with Crippen LogP contribution < -0.4 is 14.5 Å². The van der Waals surface area contributed by atoms with Crippen LogP contribution in [0.15, 0.2) is 36.7 Å². The standard InChI is InChI=1S/C23H30N4O/c1-25-13-14-27-20-9-12-26(11-4-5-17-8-10-24-15-22(17)28-2)16-19(20)18-6-3-7-21(25)23(18)27/h3,6-8,10,15,19-20H,4-5,9,11-14,16H2,1-2H3. The summed E-state index contributed by atoms with van der Waals surface area (Å²) < 4.78 is 5.45. The molecule has 0 bridgehead atoms. The second-order valence-electron chi connectivity index (χ2n) is 8.38. The van der Waals surface area contributed by atoms with Crippen molar-refractivity contribution in [2.45, 2.75) is 31.2 Å². The first-order valence-corrected chi connectivity index (χ1v) is 10.6. The van der Waals surface area contributed by atoms with E-state index in [2.05, 4.69) is 51.0 Å². The van der Waals surface area contributed by atoms with Gasteiger partial charge < -0.3 is 19.4 Å². The molecule has 0 saturated carbocycles. The topological polar surface area (TPSA) is 31.8 Å². The Morgan fingerprint density at radius 1 is 1.18 bits per heavy atom. The van der Waals surface area contributed by atoms with Gasteiger partial charge in [-0.25, -0.2) is 0 Å². The number of anilines is 2. The molecule has 1 aromatic carbocycles. The second-order valence-corrected chi connectivity index (χ2v) is 8.38. The molecule has 0 amide bonds.